The first-order chi connectivity index (χ1) is 7.27. The summed E-state index contributed by atoms with van der Waals surface area (Å²) in [6.07, 6.45) is 8.84. The van der Waals surface area contributed by atoms with Gasteiger partial charge in [-0.05, 0) is 40.8 Å². The Morgan fingerprint density at radius 1 is 1.00 bits per heavy atom. The summed E-state index contributed by atoms with van der Waals surface area (Å²) < 4.78 is 0. The monoisotopic (exact) mass is 193 g/mol. The number of rotatable bonds is 0. The van der Waals surface area contributed by atoms with E-state index in [1.54, 1.807) is 0 Å². The topological polar surface area (TPSA) is 0 Å². The fourth-order valence-corrected chi connectivity index (χ4v) is 2.36. The highest BCUT2D eigenvalue weighted by Gasteiger charge is 2.24. The molecule has 15 heavy (non-hydrogen) atoms. The molecule has 0 heterocycles. The van der Waals surface area contributed by atoms with E-state index in [1.807, 2.05) is 0 Å². The van der Waals surface area contributed by atoms with E-state index in [4.69, 9.17) is 0 Å². The summed E-state index contributed by atoms with van der Waals surface area (Å²) in [7, 11) is 0. The van der Waals surface area contributed by atoms with Gasteiger partial charge in [-0.2, -0.15) is 0 Å². The summed E-state index contributed by atoms with van der Waals surface area (Å²) in [4.78, 5) is 0. The van der Waals surface area contributed by atoms with E-state index in [-0.39, 0.29) is 0 Å². The van der Waals surface area contributed by atoms with Crippen molar-refractivity contribution in [1.29, 1.82) is 0 Å². The lowest BCUT2D eigenvalue weighted by Crippen LogP contribution is -1.96. The highest BCUT2D eigenvalue weighted by Crippen LogP contribution is 2.43. The molecule has 2 aliphatic carbocycles. The van der Waals surface area contributed by atoms with Crippen molar-refractivity contribution in [3.8, 4) is 0 Å². The molecule has 0 unspecified atom stereocenters. The second kappa shape index (κ2) is 2.96. The molecule has 1 radical (unpaired) electrons. The van der Waals surface area contributed by atoms with Gasteiger partial charge in [0, 0.05) is 5.92 Å². The van der Waals surface area contributed by atoms with Crippen LogP contribution in [-0.2, 0) is 0 Å². The molecule has 73 valence electrons. The van der Waals surface area contributed by atoms with Gasteiger partial charge in [-0.3, -0.25) is 0 Å². The van der Waals surface area contributed by atoms with Crippen molar-refractivity contribution in [3.05, 3.63) is 64.6 Å². The maximum Gasteiger partial charge on any atom is 0.0242 e. The van der Waals surface area contributed by atoms with Gasteiger partial charge in [0.1, 0.15) is 0 Å². The third-order valence-corrected chi connectivity index (χ3v) is 3.23. The van der Waals surface area contributed by atoms with Crippen LogP contribution in [0.1, 0.15) is 23.6 Å². The SMILES string of the molecule is C[C]1C=CC=C2C1=Cc1c(C)cccc12. The molecule has 1 aromatic rings. The van der Waals surface area contributed by atoms with Crippen LogP contribution in [0.3, 0.4) is 0 Å². The molecule has 0 amide bonds. The summed E-state index contributed by atoms with van der Waals surface area (Å²) in [5, 5.41) is 0. The van der Waals surface area contributed by atoms with Gasteiger partial charge in [-0.15, -0.1) is 0 Å². The van der Waals surface area contributed by atoms with Gasteiger partial charge >= 0.3 is 0 Å². The molecular formula is C15H13. The van der Waals surface area contributed by atoms with E-state index in [0.717, 1.165) is 0 Å². The Hall–Kier alpha value is -1.56. The minimum atomic E-state index is 1.36. The van der Waals surface area contributed by atoms with Crippen molar-refractivity contribution >= 4 is 11.6 Å². The normalized spacial score (nSPS) is 18.3. The smallest absolute Gasteiger partial charge is 0.0242 e. The van der Waals surface area contributed by atoms with Gasteiger partial charge in [-0.1, -0.05) is 43.4 Å². The first-order valence-corrected chi connectivity index (χ1v) is 5.32. The lowest BCUT2D eigenvalue weighted by molar-refractivity contribution is 1.27. The zero-order valence-corrected chi connectivity index (χ0v) is 9.04. The fourth-order valence-electron chi connectivity index (χ4n) is 2.36. The van der Waals surface area contributed by atoms with Crippen molar-refractivity contribution in [2.24, 2.45) is 0 Å². The van der Waals surface area contributed by atoms with Crippen LogP contribution in [0.4, 0.5) is 0 Å². The van der Waals surface area contributed by atoms with E-state index in [9.17, 15) is 0 Å². The molecule has 0 fully saturated rings. The third-order valence-electron chi connectivity index (χ3n) is 3.23. The number of aryl methyl sites for hydroxylation is 1. The minimum absolute atomic E-state index is 1.36. The second-order valence-corrected chi connectivity index (χ2v) is 4.22. The Labute approximate surface area is 90.6 Å². The average Bonchev–Trinajstić information content (AvgIpc) is 2.60. The molecule has 0 spiro atoms. The molecule has 0 heteroatoms. The number of benzene rings is 1. The Morgan fingerprint density at radius 2 is 1.87 bits per heavy atom. The number of allylic oxidation sites excluding steroid dienone is 5. The van der Waals surface area contributed by atoms with Gasteiger partial charge in [0.15, 0.2) is 0 Å². The van der Waals surface area contributed by atoms with E-state index in [0.29, 0.717) is 0 Å². The van der Waals surface area contributed by atoms with E-state index in [1.165, 1.54) is 33.8 Å². The Morgan fingerprint density at radius 3 is 2.73 bits per heavy atom. The van der Waals surface area contributed by atoms with Gasteiger partial charge in [0.2, 0.25) is 0 Å². The molecule has 0 N–H and O–H groups in total. The second-order valence-electron chi connectivity index (χ2n) is 4.22. The number of hydrogen-bond acceptors (Lipinski definition) is 0. The lowest BCUT2D eigenvalue weighted by Gasteiger charge is -2.14. The minimum Gasteiger partial charge on any atom is -0.0730 e. The van der Waals surface area contributed by atoms with Crippen molar-refractivity contribution < 1.29 is 0 Å². The maximum absolute atomic E-state index is 2.31. The van der Waals surface area contributed by atoms with Crippen LogP contribution in [0, 0.1) is 12.8 Å². The summed E-state index contributed by atoms with van der Waals surface area (Å²) in [6, 6.07) is 6.53. The van der Waals surface area contributed by atoms with Gasteiger partial charge in [-0.25, -0.2) is 0 Å². The van der Waals surface area contributed by atoms with Crippen molar-refractivity contribution in [2.45, 2.75) is 13.8 Å². The van der Waals surface area contributed by atoms with Crippen molar-refractivity contribution in [3.63, 3.8) is 0 Å². The van der Waals surface area contributed by atoms with Crippen molar-refractivity contribution in [2.75, 3.05) is 0 Å². The van der Waals surface area contributed by atoms with Crippen LogP contribution in [0.25, 0.3) is 11.6 Å². The molecule has 1 aromatic carbocycles. The largest absolute Gasteiger partial charge is 0.0730 e. The molecule has 0 saturated heterocycles. The Balaban J connectivity index is 2.27. The first kappa shape index (κ1) is 8.72. The van der Waals surface area contributed by atoms with Gasteiger partial charge < -0.3 is 0 Å². The van der Waals surface area contributed by atoms with Crippen LogP contribution in [0.15, 0.2) is 42.0 Å². The average molecular weight is 193 g/mol. The zero-order valence-electron chi connectivity index (χ0n) is 9.04. The highest BCUT2D eigenvalue weighted by atomic mass is 14.3. The fraction of sp³-hybridized carbons (Fsp3) is 0.133. The van der Waals surface area contributed by atoms with Crippen LogP contribution < -0.4 is 0 Å². The molecule has 0 atom stereocenters. The first-order valence-electron chi connectivity index (χ1n) is 5.32. The predicted molar refractivity (Wildman–Crippen MR) is 65.2 cm³/mol. The standard InChI is InChI=1S/C15H13/c1-10-5-3-7-12-13-8-4-6-11(2)15(13)9-14(10)12/h3-9H,1-2H3. The Bertz CT molecular complexity index is 513. The summed E-state index contributed by atoms with van der Waals surface area (Å²) in [5.74, 6) is 1.36. The van der Waals surface area contributed by atoms with Gasteiger partial charge in [0.25, 0.3) is 0 Å². The molecule has 0 saturated carbocycles. The summed E-state index contributed by atoms with van der Waals surface area (Å²) >= 11 is 0. The Kier molecular flexibility index (Phi) is 1.72. The van der Waals surface area contributed by atoms with Crippen molar-refractivity contribution in [1.82, 2.24) is 0 Å². The molecule has 0 bridgehead atoms. The third kappa shape index (κ3) is 1.14. The maximum atomic E-state index is 2.31. The number of hydrogen-bond donors (Lipinski definition) is 0. The quantitative estimate of drug-likeness (QED) is 0.585. The van der Waals surface area contributed by atoms with Crippen LogP contribution in [0.5, 0.6) is 0 Å². The van der Waals surface area contributed by atoms with Crippen LogP contribution in [-0.4, -0.2) is 0 Å². The molecule has 2 aliphatic rings. The van der Waals surface area contributed by atoms with E-state index in [2.05, 4.69) is 56.4 Å². The molecule has 0 nitrogen and oxygen atoms in total. The molecule has 3 rings (SSSR count). The van der Waals surface area contributed by atoms with Crippen LogP contribution in [0.2, 0.25) is 0 Å². The molecule has 0 aromatic heterocycles. The molecular weight excluding hydrogens is 180 g/mol. The zero-order chi connectivity index (χ0) is 10.4. The van der Waals surface area contributed by atoms with E-state index < -0.39 is 0 Å². The van der Waals surface area contributed by atoms with E-state index >= 15 is 0 Å². The number of fused-ring (bicyclic) bond motifs is 3. The predicted octanol–water partition coefficient (Wildman–Crippen LogP) is 3.94. The molecule has 0 aliphatic heterocycles. The summed E-state index contributed by atoms with van der Waals surface area (Å²) in [5.41, 5.74) is 6.91. The van der Waals surface area contributed by atoms with Gasteiger partial charge in [0.05, 0.1) is 0 Å². The summed E-state index contributed by atoms with van der Waals surface area (Å²) in [6.45, 7) is 4.35. The highest BCUT2D eigenvalue weighted by molar-refractivity contribution is 5.99. The lowest BCUT2D eigenvalue weighted by atomic mass is 9.90. The van der Waals surface area contributed by atoms with Crippen LogP contribution >= 0.6 is 0 Å².